The normalized spacial score (nSPS) is 27.9. The summed E-state index contributed by atoms with van der Waals surface area (Å²) in [5.74, 6) is 0. The Kier molecular flexibility index (Phi) is 4.32. The predicted molar refractivity (Wildman–Crippen MR) is 65.9 cm³/mol. The maximum atomic E-state index is 5.64. The highest BCUT2D eigenvalue weighted by Gasteiger charge is 2.35. The second-order valence-electron chi connectivity index (χ2n) is 5.15. The zero-order valence-electron chi connectivity index (χ0n) is 10.4. The van der Waals surface area contributed by atoms with E-state index in [0.29, 0.717) is 6.04 Å². The maximum absolute atomic E-state index is 5.64. The first-order chi connectivity index (χ1) is 7.01. The van der Waals surface area contributed by atoms with E-state index < -0.39 is 0 Å². The van der Waals surface area contributed by atoms with E-state index in [1.807, 2.05) is 6.08 Å². The fraction of sp³-hybridized carbons (Fsp3) is 0.833. The number of hydrogen-bond acceptors (Lipinski definition) is 3. The zero-order valence-corrected chi connectivity index (χ0v) is 10.4. The third-order valence-corrected chi connectivity index (χ3v) is 3.40. The Hall–Kier alpha value is -0.380. The van der Waals surface area contributed by atoms with Gasteiger partial charge in [0.1, 0.15) is 0 Å². The van der Waals surface area contributed by atoms with Gasteiger partial charge in [-0.2, -0.15) is 0 Å². The molecule has 3 heteroatoms. The molecule has 1 saturated heterocycles. The van der Waals surface area contributed by atoms with E-state index in [9.17, 15) is 0 Å². The average Bonchev–Trinajstić information content (AvgIpc) is 2.13. The molecule has 1 fully saturated rings. The smallest absolute Gasteiger partial charge is 0.0284 e. The summed E-state index contributed by atoms with van der Waals surface area (Å²) in [6.45, 7) is 12.4. The van der Waals surface area contributed by atoms with Crippen molar-refractivity contribution in [1.82, 2.24) is 9.80 Å². The van der Waals surface area contributed by atoms with Gasteiger partial charge in [-0.25, -0.2) is 0 Å². The Morgan fingerprint density at radius 2 is 2.20 bits per heavy atom. The molecular formula is C12H25N3. The van der Waals surface area contributed by atoms with Crippen molar-refractivity contribution in [3.63, 3.8) is 0 Å². The van der Waals surface area contributed by atoms with Gasteiger partial charge < -0.3 is 10.6 Å². The van der Waals surface area contributed by atoms with Crippen molar-refractivity contribution >= 4 is 0 Å². The van der Waals surface area contributed by atoms with Crippen LogP contribution in [0.5, 0.6) is 0 Å². The highest BCUT2D eigenvalue weighted by atomic mass is 15.3. The molecule has 1 heterocycles. The van der Waals surface area contributed by atoms with Crippen molar-refractivity contribution in [3.05, 3.63) is 12.7 Å². The molecule has 3 nitrogen and oxygen atoms in total. The van der Waals surface area contributed by atoms with Crippen LogP contribution in [0, 0.1) is 0 Å². The summed E-state index contributed by atoms with van der Waals surface area (Å²) in [5, 5.41) is 0. The van der Waals surface area contributed by atoms with Crippen LogP contribution < -0.4 is 5.73 Å². The largest absolute Gasteiger partial charge is 0.330 e. The van der Waals surface area contributed by atoms with Gasteiger partial charge in [-0.15, -0.1) is 6.58 Å². The predicted octanol–water partition coefficient (Wildman–Crippen LogP) is 0.916. The Morgan fingerprint density at radius 3 is 2.73 bits per heavy atom. The van der Waals surface area contributed by atoms with Crippen LogP contribution in [0.2, 0.25) is 0 Å². The second-order valence-corrected chi connectivity index (χ2v) is 5.15. The van der Waals surface area contributed by atoms with Gasteiger partial charge in [-0.05, 0) is 33.9 Å². The van der Waals surface area contributed by atoms with Crippen LogP contribution in [0.4, 0.5) is 0 Å². The van der Waals surface area contributed by atoms with Gasteiger partial charge in [0.05, 0.1) is 0 Å². The van der Waals surface area contributed by atoms with Crippen LogP contribution in [0.3, 0.4) is 0 Å². The first kappa shape index (κ1) is 12.7. The molecule has 0 aromatic carbocycles. The number of piperazine rings is 1. The lowest BCUT2D eigenvalue weighted by molar-refractivity contribution is 0.00129. The lowest BCUT2D eigenvalue weighted by Gasteiger charge is -2.50. The van der Waals surface area contributed by atoms with Crippen LogP contribution in [-0.4, -0.2) is 54.6 Å². The summed E-state index contributed by atoms with van der Waals surface area (Å²) < 4.78 is 0. The SMILES string of the molecule is C=CCN1CC(CCN)N(C)CC1(C)C. The zero-order chi connectivity index (χ0) is 11.5. The number of likely N-dealkylation sites (N-methyl/N-ethyl adjacent to an activating group) is 1. The van der Waals surface area contributed by atoms with Gasteiger partial charge >= 0.3 is 0 Å². The molecule has 15 heavy (non-hydrogen) atoms. The van der Waals surface area contributed by atoms with Crippen LogP contribution in [0.15, 0.2) is 12.7 Å². The number of hydrogen-bond donors (Lipinski definition) is 1. The summed E-state index contributed by atoms with van der Waals surface area (Å²) in [6, 6.07) is 0.600. The van der Waals surface area contributed by atoms with E-state index in [4.69, 9.17) is 5.73 Å². The number of nitrogens with two attached hydrogens (primary N) is 1. The number of rotatable bonds is 4. The molecule has 1 atom stereocenters. The molecule has 0 spiro atoms. The minimum absolute atomic E-state index is 0.244. The highest BCUT2D eigenvalue weighted by molar-refractivity contribution is 4.95. The van der Waals surface area contributed by atoms with Crippen molar-refractivity contribution in [2.45, 2.75) is 31.8 Å². The van der Waals surface area contributed by atoms with Gasteiger partial charge in [0, 0.05) is 31.2 Å². The van der Waals surface area contributed by atoms with Crippen LogP contribution >= 0.6 is 0 Å². The van der Waals surface area contributed by atoms with E-state index in [1.54, 1.807) is 0 Å². The third-order valence-electron chi connectivity index (χ3n) is 3.40. The lowest BCUT2D eigenvalue weighted by atomic mass is 9.94. The molecule has 1 aliphatic rings. The molecule has 0 saturated carbocycles. The monoisotopic (exact) mass is 211 g/mol. The topological polar surface area (TPSA) is 32.5 Å². The molecule has 0 bridgehead atoms. The summed E-state index contributed by atoms with van der Waals surface area (Å²) in [5.41, 5.74) is 5.89. The Labute approximate surface area is 93.9 Å². The molecule has 0 amide bonds. The highest BCUT2D eigenvalue weighted by Crippen LogP contribution is 2.24. The fourth-order valence-electron chi connectivity index (χ4n) is 2.46. The van der Waals surface area contributed by atoms with Gasteiger partial charge in [0.25, 0.3) is 0 Å². The van der Waals surface area contributed by atoms with Gasteiger partial charge in [0.15, 0.2) is 0 Å². The first-order valence-electron chi connectivity index (χ1n) is 5.77. The molecule has 0 aromatic heterocycles. The van der Waals surface area contributed by atoms with Crippen LogP contribution in [-0.2, 0) is 0 Å². The standard InChI is InChI=1S/C12H25N3/c1-5-8-15-9-11(6-7-13)14(4)10-12(15,2)3/h5,11H,1,6-10,13H2,2-4H3. The van der Waals surface area contributed by atoms with Crippen LogP contribution in [0.25, 0.3) is 0 Å². The summed E-state index contributed by atoms with van der Waals surface area (Å²) >= 11 is 0. The molecule has 1 unspecified atom stereocenters. The molecule has 0 radical (unpaired) electrons. The molecule has 2 N–H and O–H groups in total. The Bertz CT molecular complexity index is 213. The Morgan fingerprint density at radius 1 is 1.53 bits per heavy atom. The summed E-state index contributed by atoms with van der Waals surface area (Å²) in [7, 11) is 2.20. The molecule has 0 aromatic rings. The second kappa shape index (κ2) is 5.10. The molecule has 1 rings (SSSR count). The van der Waals surface area contributed by atoms with Crippen molar-refractivity contribution in [2.75, 3.05) is 33.2 Å². The van der Waals surface area contributed by atoms with Gasteiger partial charge in [-0.3, -0.25) is 4.90 Å². The molecule has 88 valence electrons. The van der Waals surface area contributed by atoms with Gasteiger partial charge in [-0.1, -0.05) is 6.08 Å². The number of nitrogens with zero attached hydrogens (tertiary/aromatic N) is 2. The summed E-state index contributed by atoms with van der Waals surface area (Å²) in [4.78, 5) is 4.94. The minimum atomic E-state index is 0.244. The van der Waals surface area contributed by atoms with Crippen molar-refractivity contribution < 1.29 is 0 Å². The van der Waals surface area contributed by atoms with E-state index in [2.05, 4.69) is 37.3 Å². The van der Waals surface area contributed by atoms with Crippen molar-refractivity contribution in [3.8, 4) is 0 Å². The maximum Gasteiger partial charge on any atom is 0.0284 e. The lowest BCUT2D eigenvalue weighted by Crippen LogP contribution is -2.62. The first-order valence-corrected chi connectivity index (χ1v) is 5.77. The fourth-order valence-corrected chi connectivity index (χ4v) is 2.46. The van der Waals surface area contributed by atoms with Crippen LogP contribution in [0.1, 0.15) is 20.3 Å². The summed E-state index contributed by atoms with van der Waals surface area (Å²) in [6.07, 6.45) is 3.08. The molecular weight excluding hydrogens is 186 g/mol. The van der Waals surface area contributed by atoms with Crippen molar-refractivity contribution in [1.29, 1.82) is 0 Å². The van der Waals surface area contributed by atoms with E-state index in [0.717, 1.165) is 32.6 Å². The molecule has 1 aliphatic heterocycles. The third kappa shape index (κ3) is 3.03. The molecule has 0 aliphatic carbocycles. The van der Waals surface area contributed by atoms with E-state index >= 15 is 0 Å². The van der Waals surface area contributed by atoms with Crippen molar-refractivity contribution in [2.24, 2.45) is 5.73 Å². The minimum Gasteiger partial charge on any atom is -0.330 e. The quantitative estimate of drug-likeness (QED) is 0.702. The van der Waals surface area contributed by atoms with E-state index in [-0.39, 0.29) is 5.54 Å². The van der Waals surface area contributed by atoms with E-state index in [1.165, 1.54) is 0 Å². The van der Waals surface area contributed by atoms with Gasteiger partial charge in [0.2, 0.25) is 0 Å². The average molecular weight is 211 g/mol. The Balaban J connectivity index is 2.66.